The van der Waals surface area contributed by atoms with Crippen molar-refractivity contribution in [2.24, 2.45) is 0 Å². The van der Waals surface area contributed by atoms with Crippen LogP contribution in [0.2, 0.25) is 0 Å². The van der Waals surface area contributed by atoms with Crippen molar-refractivity contribution in [3.05, 3.63) is 29.2 Å². The zero-order valence-electron chi connectivity index (χ0n) is 19.7. The summed E-state index contributed by atoms with van der Waals surface area (Å²) < 4.78 is 41.7. The molecule has 33 heavy (non-hydrogen) atoms. The minimum atomic E-state index is -4.63. The van der Waals surface area contributed by atoms with Gasteiger partial charge >= 0.3 is 6.18 Å². The van der Waals surface area contributed by atoms with Gasteiger partial charge in [-0.2, -0.15) is 13.2 Å². The molecule has 0 aromatic carbocycles. The fraction of sp³-hybridized carbons (Fsp3) is 0.609. The molecule has 3 N–H and O–H groups in total. The number of hydrogen-bond donors (Lipinski definition) is 3. The van der Waals surface area contributed by atoms with Gasteiger partial charge in [-0.05, 0) is 58.9 Å². The lowest BCUT2D eigenvalue weighted by Crippen LogP contribution is -2.50. The van der Waals surface area contributed by atoms with E-state index in [4.69, 9.17) is 0 Å². The van der Waals surface area contributed by atoms with Crippen LogP contribution >= 0.6 is 0 Å². The molecule has 7 nitrogen and oxygen atoms in total. The summed E-state index contributed by atoms with van der Waals surface area (Å²) in [5.74, 6) is -0.0903. The van der Waals surface area contributed by atoms with Gasteiger partial charge in [0, 0.05) is 48.7 Å². The van der Waals surface area contributed by atoms with Gasteiger partial charge in [-0.1, -0.05) is 0 Å². The van der Waals surface area contributed by atoms with Crippen molar-refractivity contribution in [2.45, 2.75) is 76.7 Å². The smallest absolute Gasteiger partial charge is 0.356 e. The number of carbonyl (C=O) groups is 1. The van der Waals surface area contributed by atoms with E-state index in [0.717, 1.165) is 19.0 Å². The summed E-state index contributed by atoms with van der Waals surface area (Å²) in [6.45, 7) is 8.80. The maximum Gasteiger partial charge on any atom is 0.419 e. The number of nitrogens with one attached hydrogen (secondary N) is 3. The maximum atomic E-state index is 13.9. The van der Waals surface area contributed by atoms with Gasteiger partial charge in [0.15, 0.2) is 0 Å². The highest BCUT2D eigenvalue weighted by molar-refractivity contribution is 5.97. The summed E-state index contributed by atoms with van der Waals surface area (Å²) in [6, 6.07) is 0.0157. The van der Waals surface area contributed by atoms with Crippen molar-refractivity contribution in [3.63, 3.8) is 0 Å². The fourth-order valence-corrected chi connectivity index (χ4v) is 4.45. The first-order valence-electron chi connectivity index (χ1n) is 11.2. The number of H-pyrrole nitrogens is 1. The number of alkyl halides is 3. The molecule has 0 spiro atoms. The summed E-state index contributed by atoms with van der Waals surface area (Å²) in [6.07, 6.45) is 0.528. The van der Waals surface area contributed by atoms with Crippen LogP contribution in [-0.4, -0.2) is 56.5 Å². The molecule has 0 unspecified atom stereocenters. The first kappa shape index (κ1) is 23.5. The van der Waals surface area contributed by atoms with Crippen LogP contribution in [0.1, 0.15) is 68.6 Å². The van der Waals surface area contributed by atoms with Gasteiger partial charge in [-0.3, -0.25) is 4.79 Å². The number of carbonyl (C=O) groups excluding carboxylic acids is 1. The van der Waals surface area contributed by atoms with E-state index in [9.17, 15) is 18.0 Å². The minimum Gasteiger partial charge on any atom is -0.356 e. The number of nitrogens with zero attached hydrogens (tertiary/aromatic N) is 3. The van der Waals surface area contributed by atoms with E-state index in [1.54, 1.807) is 11.9 Å². The van der Waals surface area contributed by atoms with Crippen molar-refractivity contribution >= 4 is 11.9 Å². The SMILES string of the molecule is CN1C(=O)c2[nH]cc(-c3nc(N[C@H]4CCC(C)(C)NC4)ncc3C(F)(F)F)c2CCC1(C)C. The van der Waals surface area contributed by atoms with Gasteiger partial charge in [0.05, 0.1) is 5.69 Å². The number of piperidine rings is 1. The van der Waals surface area contributed by atoms with Gasteiger partial charge in [-0.25, -0.2) is 9.97 Å². The third-order valence-electron chi connectivity index (χ3n) is 7.03. The van der Waals surface area contributed by atoms with Gasteiger partial charge in [0.1, 0.15) is 11.3 Å². The number of rotatable bonds is 3. The van der Waals surface area contributed by atoms with Gasteiger partial charge < -0.3 is 20.5 Å². The van der Waals surface area contributed by atoms with E-state index in [1.165, 1.54) is 6.20 Å². The third kappa shape index (κ3) is 4.58. The number of halogens is 3. The predicted octanol–water partition coefficient (Wildman–Crippen LogP) is 4.23. The molecule has 0 radical (unpaired) electrons. The number of fused-ring (bicyclic) bond motifs is 1. The second-order valence-corrected chi connectivity index (χ2v) is 10.3. The molecular formula is C23H31F3N6O. The van der Waals surface area contributed by atoms with Crippen molar-refractivity contribution in [1.82, 2.24) is 25.2 Å². The lowest BCUT2D eigenvalue weighted by molar-refractivity contribution is -0.137. The molecule has 2 aromatic heterocycles. The average molecular weight is 465 g/mol. The van der Waals surface area contributed by atoms with Crippen LogP contribution in [0.25, 0.3) is 11.3 Å². The average Bonchev–Trinajstić information content (AvgIpc) is 3.12. The quantitative estimate of drug-likeness (QED) is 0.633. The molecule has 0 bridgehead atoms. The number of hydrogen-bond acceptors (Lipinski definition) is 5. The normalized spacial score (nSPS) is 22.6. The summed E-state index contributed by atoms with van der Waals surface area (Å²) in [5.41, 5.74) is -0.336. The number of aromatic nitrogens is 3. The zero-order valence-corrected chi connectivity index (χ0v) is 19.7. The monoisotopic (exact) mass is 464 g/mol. The first-order valence-corrected chi connectivity index (χ1v) is 11.2. The Labute approximate surface area is 191 Å². The molecule has 2 aliphatic rings. The van der Waals surface area contributed by atoms with E-state index >= 15 is 0 Å². The molecular weight excluding hydrogens is 433 g/mol. The second kappa shape index (κ2) is 8.00. The molecule has 4 rings (SSSR count). The number of anilines is 1. The standard InChI is InChI=1S/C23H31F3N6O/c1-21(2)8-6-13(10-29-21)30-20-28-12-16(23(24,25)26)17(31-20)15-11-27-18-14(15)7-9-22(3,4)32(5)19(18)33/h11-13,27,29H,6-10H2,1-5H3,(H,28,30,31)/t13-/m0/s1. The van der Waals surface area contributed by atoms with Crippen molar-refractivity contribution in [1.29, 1.82) is 0 Å². The Hall–Kier alpha value is -2.62. The highest BCUT2D eigenvalue weighted by Crippen LogP contribution is 2.40. The Morgan fingerprint density at radius 3 is 2.58 bits per heavy atom. The van der Waals surface area contributed by atoms with Crippen LogP contribution in [0.15, 0.2) is 12.4 Å². The maximum absolute atomic E-state index is 13.9. The van der Waals surface area contributed by atoms with Gasteiger partial charge in [-0.15, -0.1) is 0 Å². The van der Waals surface area contributed by atoms with Crippen LogP contribution in [0.3, 0.4) is 0 Å². The Kier molecular flexibility index (Phi) is 5.71. The molecule has 1 atom stereocenters. The summed E-state index contributed by atoms with van der Waals surface area (Å²) in [7, 11) is 1.71. The van der Waals surface area contributed by atoms with Crippen LogP contribution in [0, 0.1) is 0 Å². The predicted molar refractivity (Wildman–Crippen MR) is 120 cm³/mol. The van der Waals surface area contributed by atoms with Crippen LogP contribution in [0.4, 0.5) is 19.1 Å². The molecule has 10 heteroatoms. The Balaban J connectivity index is 1.72. The second-order valence-electron chi connectivity index (χ2n) is 10.3. The van der Waals surface area contributed by atoms with Crippen LogP contribution in [0.5, 0.6) is 0 Å². The molecule has 4 heterocycles. The minimum absolute atomic E-state index is 0.0157. The van der Waals surface area contributed by atoms with E-state index < -0.39 is 17.3 Å². The summed E-state index contributed by atoms with van der Waals surface area (Å²) in [4.78, 5) is 25.8. The van der Waals surface area contributed by atoms with E-state index in [1.807, 2.05) is 13.8 Å². The van der Waals surface area contributed by atoms with Crippen molar-refractivity contribution < 1.29 is 18.0 Å². The largest absolute Gasteiger partial charge is 0.419 e. The number of aromatic amines is 1. The summed E-state index contributed by atoms with van der Waals surface area (Å²) >= 11 is 0. The lowest BCUT2D eigenvalue weighted by atomic mass is 9.91. The van der Waals surface area contributed by atoms with Crippen molar-refractivity contribution in [3.8, 4) is 11.3 Å². The molecule has 180 valence electrons. The molecule has 2 aromatic rings. The first-order chi connectivity index (χ1) is 15.3. The number of amides is 1. The van der Waals surface area contributed by atoms with Gasteiger partial charge in [0.2, 0.25) is 5.95 Å². The lowest BCUT2D eigenvalue weighted by Gasteiger charge is -2.36. The molecule has 0 aliphatic carbocycles. The van der Waals surface area contributed by atoms with E-state index in [2.05, 4.69) is 39.4 Å². The van der Waals surface area contributed by atoms with E-state index in [-0.39, 0.29) is 29.1 Å². The zero-order chi connectivity index (χ0) is 24.2. The topological polar surface area (TPSA) is 85.9 Å². The molecule has 0 saturated carbocycles. The Morgan fingerprint density at radius 1 is 1.21 bits per heavy atom. The molecule has 1 saturated heterocycles. The molecule has 1 amide bonds. The molecule has 1 fully saturated rings. The highest BCUT2D eigenvalue weighted by atomic mass is 19.4. The van der Waals surface area contributed by atoms with E-state index in [0.29, 0.717) is 36.2 Å². The molecule has 2 aliphatic heterocycles. The summed E-state index contributed by atoms with van der Waals surface area (Å²) in [5, 5.41) is 6.61. The van der Waals surface area contributed by atoms with Crippen LogP contribution in [-0.2, 0) is 12.6 Å². The third-order valence-corrected chi connectivity index (χ3v) is 7.03. The van der Waals surface area contributed by atoms with Gasteiger partial charge in [0.25, 0.3) is 5.91 Å². The Morgan fingerprint density at radius 2 is 1.94 bits per heavy atom. The van der Waals surface area contributed by atoms with Crippen LogP contribution < -0.4 is 10.6 Å². The highest BCUT2D eigenvalue weighted by Gasteiger charge is 2.39. The van der Waals surface area contributed by atoms with Crippen molar-refractivity contribution in [2.75, 3.05) is 18.9 Å². The Bertz CT molecular complexity index is 1050. The fourth-order valence-electron chi connectivity index (χ4n) is 4.45.